The summed E-state index contributed by atoms with van der Waals surface area (Å²) < 4.78 is 5.45. The maximum absolute atomic E-state index is 5.45. The van der Waals surface area contributed by atoms with Gasteiger partial charge in [0, 0.05) is 37.8 Å². The molecule has 0 radical (unpaired) electrons. The summed E-state index contributed by atoms with van der Waals surface area (Å²) in [5.74, 6) is 1.40. The Kier molecular flexibility index (Phi) is 6.28. The van der Waals surface area contributed by atoms with Gasteiger partial charge >= 0.3 is 0 Å². The highest BCUT2D eigenvalue weighted by atomic mass is 16.5. The third-order valence-corrected chi connectivity index (χ3v) is 4.76. The van der Waals surface area contributed by atoms with E-state index >= 15 is 0 Å². The Morgan fingerprint density at radius 2 is 1.95 bits per heavy atom. The summed E-state index contributed by atoms with van der Waals surface area (Å²) in [5.41, 5.74) is 0.109. The molecule has 0 bridgehead atoms. The zero-order valence-corrected chi connectivity index (χ0v) is 14.0. The van der Waals surface area contributed by atoms with Crippen molar-refractivity contribution in [2.45, 2.75) is 65.6 Å². The smallest absolute Gasteiger partial charge is 0.0641 e. The molecule has 3 unspecified atom stereocenters. The number of hydrogen-bond donors (Lipinski definition) is 1. The van der Waals surface area contributed by atoms with Crippen molar-refractivity contribution in [3.8, 4) is 0 Å². The minimum Gasteiger partial charge on any atom is -0.383 e. The molecule has 1 heterocycles. The highest BCUT2D eigenvalue weighted by Gasteiger charge is 2.39. The van der Waals surface area contributed by atoms with Crippen LogP contribution < -0.4 is 5.32 Å². The Morgan fingerprint density at radius 3 is 2.42 bits per heavy atom. The average molecular weight is 270 g/mol. The Labute approximate surface area is 120 Å². The molecule has 1 aliphatic rings. The SMILES string of the molecule is CCC(C)C1CN(C(C)(C)COC)C(C(C)C)CN1. The monoisotopic (exact) mass is 270 g/mol. The summed E-state index contributed by atoms with van der Waals surface area (Å²) in [4.78, 5) is 2.68. The van der Waals surface area contributed by atoms with Crippen molar-refractivity contribution in [2.24, 2.45) is 11.8 Å². The summed E-state index contributed by atoms with van der Waals surface area (Å²) in [6, 6.07) is 1.21. The van der Waals surface area contributed by atoms with Gasteiger partial charge in [-0.25, -0.2) is 0 Å². The van der Waals surface area contributed by atoms with Gasteiger partial charge in [-0.1, -0.05) is 34.1 Å². The van der Waals surface area contributed by atoms with Gasteiger partial charge in [-0.05, 0) is 25.7 Å². The highest BCUT2D eigenvalue weighted by Crippen LogP contribution is 2.27. The lowest BCUT2D eigenvalue weighted by molar-refractivity contribution is -0.0359. The molecule has 1 N–H and O–H groups in total. The van der Waals surface area contributed by atoms with Crippen molar-refractivity contribution in [1.29, 1.82) is 0 Å². The number of hydrogen-bond acceptors (Lipinski definition) is 3. The number of nitrogens with one attached hydrogen (secondary N) is 1. The van der Waals surface area contributed by atoms with Gasteiger partial charge in [-0.2, -0.15) is 0 Å². The lowest BCUT2D eigenvalue weighted by Crippen LogP contribution is -2.66. The summed E-state index contributed by atoms with van der Waals surface area (Å²) in [5, 5.41) is 3.76. The zero-order valence-electron chi connectivity index (χ0n) is 14.0. The van der Waals surface area contributed by atoms with Crippen LogP contribution in [0.15, 0.2) is 0 Å². The predicted molar refractivity (Wildman–Crippen MR) is 82.5 cm³/mol. The topological polar surface area (TPSA) is 24.5 Å². The van der Waals surface area contributed by atoms with Gasteiger partial charge in [-0.3, -0.25) is 4.90 Å². The number of ether oxygens (including phenoxy) is 1. The van der Waals surface area contributed by atoms with Crippen LogP contribution in [-0.4, -0.2) is 49.3 Å². The number of nitrogens with zero attached hydrogens (tertiary/aromatic N) is 1. The van der Waals surface area contributed by atoms with Crippen molar-refractivity contribution in [2.75, 3.05) is 26.8 Å². The molecule has 0 saturated carbocycles. The van der Waals surface area contributed by atoms with Gasteiger partial charge in [0.2, 0.25) is 0 Å². The molecule has 0 aromatic heterocycles. The van der Waals surface area contributed by atoms with Crippen LogP contribution in [0, 0.1) is 11.8 Å². The zero-order chi connectivity index (χ0) is 14.6. The first kappa shape index (κ1) is 16.9. The molecule has 1 aliphatic heterocycles. The molecule has 0 spiro atoms. The van der Waals surface area contributed by atoms with Crippen molar-refractivity contribution < 1.29 is 4.74 Å². The first-order chi connectivity index (χ1) is 8.83. The fraction of sp³-hybridized carbons (Fsp3) is 1.00. The fourth-order valence-corrected chi connectivity index (χ4v) is 3.19. The van der Waals surface area contributed by atoms with E-state index in [1.807, 2.05) is 0 Å². The molecule has 3 atom stereocenters. The lowest BCUT2D eigenvalue weighted by atomic mass is 9.88. The van der Waals surface area contributed by atoms with Crippen LogP contribution in [0.25, 0.3) is 0 Å². The summed E-state index contributed by atoms with van der Waals surface area (Å²) in [6.45, 7) is 16.9. The van der Waals surface area contributed by atoms with Gasteiger partial charge < -0.3 is 10.1 Å². The minimum atomic E-state index is 0.109. The van der Waals surface area contributed by atoms with Gasteiger partial charge in [0.25, 0.3) is 0 Å². The van der Waals surface area contributed by atoms with Crippen LogP contribution >= 0.6 is 0 Å². The number of piperazine rings is 1. The first-order valence-corrected chi connectivity index (χ1v) is 7.82. The van der Waals surface area contributed by atoms with Crippen molar-refractivity contribution in [3.05, 3.63) is 0 Å². The van der Waals surface area contributed by atoms with E-state index in [1.165, 1.54) is 6.42 Å². The van der Waals surface area contributed by atoms with Gasteiger partial charge in [0.05, 0.1) is 6.61 Å². The van der Waals surface area contributed by atoms with E-state index in [1.54, 1.807) is 7.11 Å². The van der Waals surface area contributed by atoms with Crippen LogP contribution in [0.2, 0.25) is 0 Å². The molecule has 0 aliphatic carbocycles. The Hall–Kier alpha value is -0.120. The predicted octanol–water partition coefficient (Wildman–Crippen LogP) is 2.76. The van der Waals surface area contributed by atoms with Gasteiger partial charge in [0.1, 0.15) is 0 Å². The highest BCUT2D eigenvalue weighted by molar-refractivity contribution is 4.96. The molecule has 1 rings (SSSR count). The average Bonchev–Trinajstić information content (AvgIpc) is 2.36. The first-order valence-electron chi connectivity index (χ1n) is 7.82. The van der Waals surface area contributed by atoms with Crippen molar-refractivity contribution >= 4 is 0 Å². The summed E-state index contributed by atoms with van der Waals surface area (Å²) in [6.07, 6.45) is 1.24. The third-order valence-electron chi connectivity index (χ3n) is 4.76. The molecule has 0 aromatic rings. The van der Waals surface area contributed by atoms with E-state index in [0.29, 0.717) is 18.0 Å². The number of rotatable bonds is 6. The third kappa shape index (κ3) is 4.17. The minimum absolute atomic E-state index is 0.109. The van der Waals surface area contributed by atoms with E-state index in [-0.39, 0.29) is 5.54 Å². The Bertz CT molecular complexity index is 265. The second kappa shape index (κ2) is 7.05. The quantitative estimate of drug-likeness (QED) is 0.803. The van der Waals surface area contributed by atoms with Gasteiger partial charge in [0.15, 0.2) is 0 Å². The molecular formula is C16H34N2O. The molecule has 19 heavy (non-hydrogen) atoms. The number of methoxy groups -OCH3 is 1. The van der Waals surface area contributed by atoms with Crippen molar-refractivity contribution in [3.63, 3.8) is 0 Å². The largest absolute Gasteiger partial charge is 0.383 e. The molecule has 3 heteroatoms. The standard InChI is InChI=1S/C16H34N2O/c1-8-13(4)14-10-18(16(5,6)11-19-7)15(9-17-14)12(2)3/h12-15,17H,8-11H2,1-7H3. The van der Waals surface area contributed by atoms with E-state index in [9.17, 15) is 0 Å². The summed E-state index contributed by atoms with van der Waals surface area (Å²) >= 11 is 0. The maximum atomic E-state index is 5.45. The fourth-order valence-electron chi connectivity index (χ4n) is 3.19. The Balaban J connectivity index is 2.84. The second-order valence-corrected chi connectivity index (χ2v) is 7.11. The van der Waals surface area contributed by atoms with Crippen LogP contribution in [0.1, 0.15) is 48.0 Å². The molecule has 3 nitrogen and oxygen atoms in total. The second-order valence-electron chi connectivity index (χ2n) is 7.11. The van der Waals surface area contributed by atoms with E-state index in [0.717, 1.165) is 25.6 Å². The molecule has 0 aromatic carbocycles. The van der Waals surface area contributed by atoms with Crippen LogP contribution in [0.3, 0.4) is 0 Å². The molecule has 1 fully saturated rings. The normalized spacial score (nSPS) is 27.8. The molecule has 114 valence electrons. The van der Waals surface area contributed by atoms with Gasteiger partial charge in [-0.15, -0.1) is 0 Å². The van der Waals surface area contributed by atoms with E-state index in [4.69, 9.17) is 4.74 Å². The van der Waals surface area contributed by atoms with Crippen LogP contribution in [0.4, 0.5) is 0 Å². The molecule has 0 amide bonds. The maximum Gasteiger partial charge on any atom is 0.0641 e. The summed E-state index contributed by atoms with van der Waals surface area (Å²) in [7, 11) is 1.81. The lowest BCUT2D eigenvalue weighted by Gasteiger charge is -2.51. The van der Waals surface area contributed by atoms with Crippen LogP contribution in [-0.2, 0) is 4.74 Å². The molecular weight excluding hydrogens is 236 g/mol. The Morgan fingerprint density at radius 1 is 1.32 bits per heavy atom. The van der Waals surface area contributed by atoms with E-state index in [2.05, 4.69) is 51.8 Å². The van der Waals surface area contributed by atoms with Crippen LogP contribution in [0.5, 0.6) is 0 Å². The molecule has 1 saturated heterocycles. The van der Waals surface area contributed by atoms with E-state index < -0.39 is 0 Å². The van der Waals surface area contributed by atoms with Crippen molar-refractivity contribution in [1.82, 2.24) is 10.2 Å².